The minimum absolute atomic E-state index is 0.184. The molecule has 2 N–H and O–H groups in total. The normalized spacial score (nSPS) is 40.6. The number of fused-ring (bicyclic) bond motifs is 1. The summed E-state index contributed by atoms with van der Waals surface area (Å²) in [4.78, 5) is 10.5. The first kappa shape index (κ1) is 10.7. The van der Waals surface area contributed by atoms with E-state index in [9.17, 15) is 9.90 Å². The highest BCUT2D eigenvalue weighted by Gasteiger charge is 2.41. The molecule has 0 aromatic rings. The van der Waals surface area contributed by atoms with Crippen molar-refractivity contribution in [3.63, 3.8) is 0 Å². The van der Waals surface area contributed by atoms with Gasteiger partial charge in [-0.1, -0.05) is 6.42 Å². The predicted molar refractivity (Wildman–Crippen MR) is 53.6 cm³/mol. The molecule has 4 heteroatoms. The van der Waals surface area contributed by atoms with Crippen molar-refractivity contribution < 1.29 is 19.7 Å². The highest BCUT2D eigenvalue weighted by Crippen LogP contribution is 2.41. The molecular weight excluding hydrogens is 196 g/mol. The number of rotatable bonds is 1. The highest BCUT2D eigenvalue weighted by molar-refractivity contribution is 5.57. The molecule has 15 heavy (non-hydrogen) atoms. The molecule has 2 aliphatic rings. The summed E-state index contributed by atoms with van der Waals surface area (Å²) in [6.07, 6.45) is 4.05. The van der Waals surface area contributed by atoms with Gasteiger partial charge >= 0.3 is 6.16 Å². The standard InChI is InChI=1S/C11H18O4/c12-9-5-1-4-8-7(9)3-2-6-10(8)15-11(13)14/h7-10,12H,1-6H2,(H,13,14). The molecule has 4 nitrogen and oxygen atoms in total. The van der Waals surface area contributed by atoms with E-state index >= 15 is 0 Å². The number of carboxylic acid groups (broad SMARTS) is 1. The molecule has 0 heterocycles. The molecule has 0 radical (unpaired) electrons. The molecule has 4 atom stereocenters. The molecular formula is C11H18O4. The molecule has 4 unspecified atom stereocenters. The van der Waals surface area contributed by atoms with Gasteiger partial charge in [0.2, 0.25) is 0 Å². The average Bonchev–Trinajstić information content (AvgIpc) is 2.19. The number of aliphatic hydroxyl groups is 1. The monoisotopic (exact) mass is 214 g/mol. The smallest absolute Gasteiger partial charge is 0.450 e. The lowest BCUT2D eigenvalue weighted by molar-refractivity contribution is -0.0680. The third-order valence-corrected chi connectivity index (χ3v) is 3.84. The zero-order valence-corrected chi connectivity index (χ0v) is 8.76. The van der Waals surface area contributed by atoms with E-state index in [0.717, 1.165) is 38.5 Å². The van der Waals surface area contributed by atoms with Gasteiger partial charge in [0.25, 0.3) is 0 Å². The lowest BCUT2D eigenvalue weighted by atomic mass is 9.68. The number of ether oxygens (including phenoxy) is 1. The van der Waals surface area contributed by atoms with Gasteiger partial charge in [0.1, 0.15) is 6.10 Å². The Balaban J connectivity index is 2.03. The maximum atomic E-state index is 10.5. The molecule has 2 aliphatic carbocycles. The van der Waals surface area contributed by atoms with Crippen LogP contribution in [0, 0.1) is 11.8 Å². The van der Waals surface area contributed by atoms with Crippen molar-refractivity contribution in [1.29, 1.82) is 0 Å². The van der Waals surface area contributed by atoms with E-state index in [1.807, 2.05) is 0 Å². The molecule has 0 aromatic heterocycles. The predicted octanol–water partition coefficient (Wildman–Crippen LogP) is 2.01. The molecule has 0 saturated heterocycles. The van der Waals surface area contributed by atoms with Crippen LogP contribution in [-0.4, -0.2) is 28.6 Å². The summed E-state index contributed by atoms with van der Waals surface area (Å²) in [5, 5.41) is 18.5. The van der Waals surface area contributed by atoms with Gasteiger partial charge in [-0.2, -0.15) is 0 Å². The number of carbonyl (C=O) groups is 1. The highest BCUT2D eigenvalue weighted by atomic mass is 16.7. The topological polar surface area (TPSA) is 66.8 Å². The van der Waals surface area contributed by atoms with E-state index < -0.39 is 6.16 Å². The summed E-state index contributed by atoms with van der Waals surface area (Å²) < 4.78 is 4.91. The Hall–Kier alpha value is -0.770. The molecule has 0 amide bonds. The van der Waals surface area contributed by atoms with Crippen LogP contribution in [0.4, 0.5) is 4.79 Å². The van der Waals surface area contributed by atoms with Crippen molar-refractivity contribution in [3.05, 3.63) is 0 Å². The fraction of sp³-hybridized carbons (Fsp3) is 0.909. The number of hydrogen-bond donors (Lipinski definition) is 2. The number of hydrogen-bond acceptors (Lipinski definition) is 3. The quantitative estimate of drug-likeness (QED) is 0.655. The van der Waals surface area contributed by atoms with Crippen LogP contribution >= 0.6 is 0 Å². The SMILES string of the molecule is O=C(O)OC1CCCC2C(O)CCCC12. The van der Waals surface area contributed by atoms with Crippen LogP contribution in [-0.2, 0) is 4.74 Å². The van der Waals surface area contributed by atoms with E-state index in [1.165, 1.54) is 0 Å². The van der Waals surface area contributed by atoms with Crippen molar-refractivity contribution in [3.8, 4) is 0 Å². The third kappa shape index (κ3) is 2.25. The van der Waals surface area contributed by atoms with E-state index in [-0.39, 0.29) is 24.0 Å². The van der Waals surface area contributed by atoms with E-state index in [1.54, 1.807) is 0 Å². The van der Waals surface area contributed by atoms with E-state index in [2.05, 4.69) is 0 Å². The molecule has 0 bridgehead atoms. The van der Waals surface area contributed by atoms with Crippen molar-refractivity contribution in [2.45, 2.75) is 50.7 Å². The summed E-state index contributed by atoms with van der Waals surface area (Å²) in [6.45, 7) is 0. The second kappa shape index (κ2) is 4.39. The van der Waals surface area contributed by atoms with Gasteiger partial charge in [0.05, 0.1) is 6.10 Å². The summed E-state index contributed by atoms with van der Waals surface area (Å²) in [5.74, 6) is 0.510. The van der Waals surface area contributed by atoms with Crippen molar-refractivity contribution >= 4 is 6.16 Å². The van der Waals surface area contributed by atoms with Gasteiger partial charge in [-0.05, 0) is 38.0 Å². The average molecular weight is 214 g/mol. The Labute approximate surface area is 89.2 Å². The molecule has 0 aliphatic heterocycles. The first-order valence-electron chi connectivity index (χ1n) is 5.76. The third-order valence-electron chi connectivity index (χ3n) is 3.84. The van der Waals surface area contributed by atoms with Crippen LogP contribution in [0.15, 0.2) is 0 Å². The van der Waals surface area contributed by atoms with Gasteiger partial charge in [0.15, 0.2) is 0 Å². The van der Waals surface area contributed by atoms with Crippen LogP contribution in [0.25, 0.3) is 0 Å². The Morgan fingerprint density at radius 2 is 1.73 bits per heavy atom. The zero-order valence-electron chi connectivity index (χ0n) is 8.76. The van der Waals surface area contributed by atoms with Crippen LogP contribution in [0.3, 0.4) is 0 Å². The summed E-state index contributed by atoms with van der Waals surface area (Å²) in [7, 11) is 0. The molecule has 2 saturated carbocycles. The fourth-order valence-corrected chi connectivity index (χ4v) is 3.19. The maximum Gasteiger partial charge on any atom is 0.506 e. The minimum Gasteiger partial charge on any atom is -0.450 e. The number of aliphatic hydroxyl groups excluding tert-OH is 1. The van der Waals surface area contributed by atoms with Crippen molar-refractivity contribution in [2.24, 2.45) is 11.8 Å². The largest absolute Gasteiger partial charge is 0.506 e. The van der Waals surface area contributed by atoms with Crippen LogP contribution in [0.2, 0.25) is 0 Å². The van der Waals surface area contributed by atoms with Gasteiger partial charge in [-0.15, -0.1) is 0 Å². The van der Waals surface area contributed by atoms with Gasteiger partial charge in [-0.3, -0.25) is 0 Å². The Morgan fingerprint density at radius 1 is 1.07 bits per heavy atom. The molecule has 0 spiro atoms. The molecule has 0 aromatic carbocycles. The Kier molecular flexibility index (Phi) is 3.14. The lowest BCUT2D eigenvalue weighted by Crippen LogP contribution is -2.43. The summed E-state index contributed by atoms with van der Waals surface area (Å²) in [5.41, 5.74) is 0. The lowest BCUT2D eigenvalue weighted by Gasteiger charge is -2.42. The van der Waals surface area contributed by atoms with E-state index in [0.29, 0.717) is 0 Å². The van der Waals surface area contributed by atoms with Crippen LogP contribution < -0.4 is 0 Å². The van der Waals surface area contributed by atoms with Crippen molar-refractivity contribution in [2.75, 3.05) is 0 Å². The van der Waals surface area contributed by atoms with Crippen LogP contribution in [0.1, 0.15) is 38.5 Å². The minimum atomic E-state index is -1.18. The molecule has 2 rings (SSSR count). The maximum absolute atomic E-state index is 10.5. The van der Waals surface area contributed by atoms with Crippen molar-refractivity contribution in [1.82, 2.24) is 0 Å². The van der Waals surface area contributed by atoms with Gasteiger partial charge in [0, 0.05) is 5.92 Å². The van der Waals surface area contributed by atoms with Gasteiger partial charge < -0.3 is 14.9 Å². The summed E-state index contributed by atoms with van der Waals surface area (Å²) in [6, 6.07) is 0. The summed E-state index contributed by atoms with van der Waals surface area (Å²) >= 11 is 0. The zero-order chi connectivity index (χ0) is 10.8. The Bertz CT molecular complexity index is 241. The Morgan fingerprint density at radius 3 is 2.47 bits per heavy atom. The second-order valence-electron chi connectivity index (χ2n) is 4.68. The van der Waals surface area contributed by atoms with E-state index in [4.69, 9.17) is 9.84 Å². The van der Waals surface area contributed by atoms with Gasteiger partial charge in [-0.25, -0.2) is 4.79 Å². The molecule has 86 valence electrons. The first-order chi connectivity index (χ1) is 7.18. The van der Waals surface area contributed by atoms with Crippen LogP contribution in [0.5, 0.6) is 0 Å². The first-order valence-corrected chi connectivity index (χ1v) is 5.76. The molecule has 2 fully saturated rings. The second-order valence-corrected chi connectivity index (χ2v) is 4.68. The fourth-order valence-electron chi connectivity index (χ4n) is 3.19.